The van der Waals surface area contributed by atoms with E-state index in [0.717, 1.165) is 0 Å². The number of piperidine rings is 1. The normalized spacial score (nSPS) is 28.8. The highest BCUT2D eigenvalue weighted by Gasteiger charge is 2.28. The summed E-state index contributed by atoms with van der Waals surface area (Å²) in [6, 6.07) is -0.384. The molecule has 3 N–H and O–H groups in total. The maximum absolute atomic E-state index is 11.9. The second kappa shape index (κ2) is 5.34. The summed E-state index contributed by atoms with van der Waals surface area (Å²) in [6.45, 7) is 1.02. The van der Waals surface area contributed by atoms with E-state index < -0.39 is 0 Å². The minimum Gasteiger partial charge on any atom is -0.353 e. The van der Waals surface area contributed by atoms with Crippen LogP contribution in [0.4, 0.5) is 0 Å². The van der Waals surface area contributed by atoms with Gasteiger partial charge in [0.2, 0.25) is 17.7 Å². The van der Waals surface area contributed by atoms with E-state index >= 15 is 0 Å². The summed E-state index contributed by atoms with van der Waals surface area (Å²) in [5.74, 6) is -0.103. The lowest BCUT2D eigenvalue weighted by molar-refractivity contribution is -0.134. The number of amides is 3. The number of likely N-dealkylation sites (tertiary alicyclic amines) is 1. The van der Waals surface area contributed by atoms with Crippen LogP contribution in [0.25, 0.3) is 0 Å². The van der Waals surface area contributed by atoms with E-state index in [-0.39, 0.29) is 36.3 Å². The maximum atomic E-state index is 11.9. The highest BCUT2D eigenvalue weighted by molar-refractivity contribution is 5.87. The third-order valence-electron chi connectivity index (χ3n) is 3.30. The molecule has 0 spiro atoms. The lowest BCUT2D eigenvalue weighted by atomic mass is 10.0. The van der Waals surface area contributed by atoms with Gasteiger partial charge in [0.25, 0.3) is 0 Å². The largest absolute Gasteiger partial charge is 0.353 e. The Hall–Kier alpha value is -1.63. The summed E-state index contributed by atoms with van der Waals surface area (Å²) in [7, 11) is 1.74. The molecule has 0 aliphatic carbocycles. The minimum absolute atomic E-state index is 0.000344. The molecule has 0 bridgehead atoms. The second-order valence-electron chi connectivity index (χ2n) is 4.76. The van der Waals surface area contributed by atoms with E-state index in [0.29, 0.717) is 25.9 Å². The Morgan fingerprint density at radius 3 is 2.83 bits per heavy atom. The molecular formula is C11H18N4O3. The first-order chi connectivity index (χ1) is 8.56. The molecule has 7 heteroatoms. The van der Waals surface area contributed by atoms with Crippen molar-refractivity contribution in [3.63, 3.8) is 0 Å². The fourth-order valence-electron chi connectivity index (χ4n) is 2.18. The van der Waals surface area contributed by atoms with Gasteiger partial charge in [0.15, 0.2) is 0 Å². The van der Waals surface area contributed by atoms with Crippen molar-refractivity contribution in [3.8, 4) is 0 Å². The quantitative estimate of drug-likeness (QED) is 0.522. The first-order valence-corrected chi connectivity index (χ1v) is 6.10. The Morgan fingerprint density at radius 1 is 1.44 bits per heavy atom. The van der Waals surface area contributed by atoms with Gasteiger partial charge in [-0.25, -0.2) is 0 Å². The van der Waals surface area contributed by atoms with Crippen molar-refractivity contribution in [1.29, 1.82) is 0 Å². The first kappa shape index (κ1) is 12.8. The molecule has 2 fully saturated rings. The maximum Gasteiger partial charge on any atom is 0.239 e. The van der Waals surface area contributed by atoms with Gasteiger partial charge in [0.1, 0.15) is 6.04 Å². The van der Waals surface area contributed by atoms with Gasteiger partial charge < -0.3 is 15.5 Å². The average molecular weight is 254 g/mol. The zero-order valence-electron chi connectivity index (χ0n) is 10.4. The standard InChI is InChI=1S/C11H18N4O3/c1-15-6-7(2-3-10(15)17)14-11(18)8-4-13-9(16)5-12-8/h7-8,12H,2-6H2,1H3,(H,13,16)(H,14,18). The van der Waals surface area contributed by atoms with Gasteiger partial charge in [0.05, 0.1) is 6.54 Å². The molecule has 2 atom stereocenters. The Labute approximate surface area is 105 Å². The Bertz CT molecular complexity index is 361. The van der Waals surface area contributed by atoms with Crippen LogP contribution in [-0.2, 0) is 14.4 Å². The molecular weight excluding hydrogens is 236 g/mol. The molecule has 0 aromatic rings. The average Bonchev–Trinajstić information content (AvgIpc) is 2.34. The van der Waals surface area contributed by atoms with Crippen LogP contribution < -0.4 is 16.0 Å². The second-order valence-corrected chi connectivity index (χ2v) is 4.76. The molecule has 2 heterocycles. The Kier molecular flexibility index (Phi) is 3.81. The smallest absolute Gasteiger partial charge is 0.239 e. The van der Waals surface area contributed by atoms with Gasteiger partial charge in [-0.3, -0.25) is 19.7 Å². The van der Waals surface area contributed by atoms with Crippen LogP contribution >= 0.6 is 0 Å². The van der Waals surface area contributed by atoms with Gasteiger partial charge >= 0.3 is 0 Å². The zero-order chi connectivity index (χ0) is 13.1. The molecule has 2 unspecified atom stereocenters. The Balaban J connectivity index is 1.80. The van der Waals surface area contributed by atoms with Crippen molar-refractivity contribution in [2.45, 2.75) is 24.9 Å². The fraction of sp³-hybridized carbons (Fsp3) is 0.727. The molecule has 3 amide bonds. The summed E-state index contributed by atoms with van der Waals surface area (Å²) in [4.78, 5) is 35.8. The predicted molar refractivity (Wildman–Crippen MR) is 63.6 cm³/mol. The van der Waals surface area contributed by atoms with Crippen LogP contribution in [0, 0.1) is 0 Å². The molecule has 0 aromatic carbocycles. The number of hydrogen-bond donors (Lipinski definition) is 3. The summed E-state index contributed by atoms with van der Waals surface area (Å²) in [5, 5.41) is 8.42. The van der Waals surface area contributed by atoms with Crippen molar-refractivity contribution in [2.24, 2.45) is 0 Å². The highest BCUT2D eigenvalue weighted by atomic mass is 16.2. The molecule has 18 heavy (non-hydrogen) atoms. The van der Waals surface area contributed by atoms with Crippen LogP contribution in [0.5, 0.6) is 0 Å². The van der Waals surface area contributed by atoms with Crippen LogP contribution in [0.3, 0.4) is 0 Å². The number of hydrogen-bond acceptors (Lipinski definition) is 4. The predicted octanol–water partition coefficient (Wildman–Crippen LogP) is -2.19. The van der Waals surface area contributed by atoms with Crippen molar-refractivity contribution >= 4 is 17.7 Å². The molecule has 0 aromatic heterocycles. The highest BCUT2D eigenvalue weighted by Crippen LogP contribution is 2.09. The molecule has 7 nitrogen and oxygen atoms in total. The Morgan fingerprint density at radius 2 is 2.22 bits per heavy atom. The lowest BCUT2D eigenvalue weighted by Crippen LogP contribution is -2.60. The van der Waals surface area contributed by atoms with E-state index in [1.807, 2.05) is 0 Å². The van der Waals surface area contributed by atoms with Crippen molar-refractivity contribution in [3.05, 3.63) is 0 Å². The third-order valence-corrected chi connectivity index (χ3v) is 3.30. The number of carbonyl (C=O) groups excluding carboxylic acids is 3. The van der Waals surface area contributed by atoms with Crippen LogP contribution in [0.2, 0.25) is 0 Å². The topological polar surface area (TPSA) is 90.5 Å². The minimum atomic E-state index is -0.384. The molecule has 0 radical (unpaired) electrons. The molecule has 0 saturated carbocycles. The summed E-state index contributed by atoms with van der Waals surface area (Å²) in [6.07, 6.45) is 1.14. The summed E-state index contributed by atoms with van der Waals surface area (Å²) < 4.78 is 0. The van der Waals surface area contributed by atoms with Crippen LogP contribution in [0.1, 0.15) is 12.8 Å². The van der Waals surface area contributed by atoms with E-state index in [1.165, 1.54) is 0 Å². The monoisotopic (exact) mass is 254 g/mol. The number of likely N-dealkylation sites (N-methyl/N-ethyl adjacent to an activating group) is 1. The van der Waals surface area contributed by atoms with Gasteiger partial charge in [-0.15, -0.1) is 0 Å². The number of carbonyl (C=O) groups is 3. The van der Waals surface area contributed by atoms with E-state index in [2.05, 4.69) is 16.0 Å². The summed E-state index contributed by atoms with van der Waals surface area (Å²) >= 11 is 0. The third kappa shape index (κ3) is 2.98. The van der Waals surface area contributed by atoms with E-state index in [4.69, 9.17) is 0 Å². The van der Waals surface area contributed by atoms with Crippen LogP contribution in [0.15, 0.2) is 0 Å². The summed E-state index contributed by atoms with van der Waals surface area (Å²) in [5.41, 5.74) is 0. The number of nitrogens with one attached hydrogen (secondary N) is 3. The molecule has 2 aliphatic rings. The lowest BCUT2D eigenvalue weighted by Gasteiger charge is -2.32. The molecule has 2 saturated heterocycles. The zero-order valence-corrected chi connectivity index (χ0v) is 10.4. The van der Waals surface area contributed by atoms with Crippen molar-refractivity contribution < 1.29 is 14.4 Å². The molecule has 2 rings (SSSR count). The fourth-order valence-corrected chi connectivity index (χ4v) is 2.18. The van der Waals surface area contributed by atoms with Crippen molar-refractivity contribution in [2.75, 3.05) is 26.7 Å². The van der Waals surface area contributed by atoms with Gasteiger partial charge in [0, 0.05) is 32.6 Å². The van der Waals surface area contributed by atoms with Gasteiger partial charge in [-0.2, -0.15) is 0 Å². The van der Waals surface area contributed by atoms with Crippen molar-refractivity contribution in [1.82, 2.24) is 20.9 Å². The molecule has 2 aliphatic heterocycles. The molecule has 100 valence electrons. The number of nitrogens with zero attached hydrogens (tertiary/aromatic N) is 1. The van der Waals surface area contributed by atoms with Gasteiger partial charge in [-0.1, -0.05) is 0 Å². The number of rotatable bonds is 2. The van der Waals surface area contributed by atoms with E-state index in [1.54, 1.807) is 11.9 Å². The van der Waals surface area contributed by atoms with Crippen LogP contribution in [-0.4, -0.2) is 61.4 Å². The first-order valence-electron chi connectivity index (χ1n) is 6.10. The van der Waals surface area contributed by atoms with E-state index in [9.17, 15) is 14.4 Å². The SMILES string of the molecule is CN1CC(NC(=O)C2CNC(=O)CN2)CCC1=O. The van der Waals surface area contributed by atoms with Gasteiger partial charge in [-0.05, 0) is 6.42 Å². The number of piperazine rings is 1.